The van der Waals surface area contributed by atoms with E-state index in [9.17, 15) is 51.6 Å². The molecule has 14 heteroatoms. The molecule has 0 aromatic heterocycles. The molecule has 0 bridgehead atoms. The number of nitrogens with zero attached hydrogens (tertiary/aromatic N) is 2. The lowest BCUT2D eigenvalue weighted by Gasteiger charge is -2.38. The summed E-state index contributed by atoms with van der Waals surface area (Å²) in [5, 5.41) is 47.8. The number of halogens is 6. The van der Waals surface area contributed by atoms with Crippen LogP contribution in [0.3, 0.4) is 0 Å². The van der Waals surface area contributed by atoms with Gasteiger partial charge in [0, 0.05) is 25.6 Å². The Hall–Kier alpha value is -1.19. The molecule has 0 aromatic carbocycles. The Morgan fingerprint density at radius 1 is 0.853 bits per heavy atom. The van der Waals surface area contributed by atoms with Gasteiger partial charge in [0.05, 0.1) is 6.61 Å². The molecule has 0 fully saturated rings. The number of aliphatic hydroxyl groups excluding tert-OH is 5. The first kappa shape index (κ1) is 32.8. The van der Waals surface area contributed by atoms with Gasteiger partial charge in [-0.3, -0.25) is 4.79 Å². The minimum absolute atomic E-state index is 0.0390. The van der Waals surface area contributed by atoms with E-state index in [0.717, 1.165) is 4.90 Å². The van der Waals surface area contributed by atoms with E-state index in [1.807, 2.05) is 0 Å². The minimum atomic E-state index is -5.56. The summed E-state index contributed by atoms with van der Waals surface area (Å²) in [4.78, 5) is 12.4. The summed E-state index contributed by atoms with van der Waals surface area (Å²) in [5.74, 6) is -0.531. The van der Waals surface area contributed by atoms with E-state index >= 15 is 0 Å². The maximum absolute atomic E-state index is 12.9. The zero-order chi connectivity index (χ0) is 27.3. The average Bonchev–Trinajstić information content (AvgIpc) is 2.65. The van der Waals surface area contributed by atoms with Crippen molar-refractivity contribution in [3.05, 3.63) is 0 Å². The van der Waals surface area contributed by atoms with Crippen molar-refractivity contribution in [3.63, 3.8) is 0 Å². The molecule has 204 valence electrons. The standard InChI is InChI=1S/C20H36F6N2O6/c1-17(2,7-6-8-28(19(21,22)23)20(24,25)26)11-18(3,4)16(34)27(5)9-12(30)14(32)15(33)13(31)10-29/h12-15,29-33H,6-11H2,1-5H3. The monoisotopic (exact) mass is 514 g/mol. The van der Waals surface area contributed by atoms with E-state index in [1.165, 1.54) is 20.9 Å². The third-order valence-corrected chi connectivity index (χ3v) is 5.48. The molecule has 0 radical (unpaired) electrons. The molecule has 0 aliphatic carbocycles. The normalized spacial score (nSPS) is 17.4. The fraction of sp³-hybridized carbons (Fsp3) is 0.950. The summed E-state index contributed by atoms with van der Waals surface area (Å²) in [6.45, 7) is 3.67. The highest BCUT2D eigenvalue weighted by Crippen LogP contribution is 2.39. The van der Waals surface area contributed by atoms with Crippen LogP contribution in [0.5, 0.6) is 0 Å². The van der Waals surface area contributed by atoms with Crippen LogP contribution < -0.4 is 0 Å². The molecule has 8 nitrogen and oxygen atoms in total. The summed E-state index contributed by atoms with van der Waals surface area (Å²) in [5.41, 5.74) is -1.96. The molecule has 0 spiro atoms. The second-order valence-electron chi connectivity index (χ2n) is 9.90. The minimum Gasteiger partial charge on any atom is -0.394 e. The van der Waals surface area contributed by atoms with Gasteiger partial charge in [0.1, 0.15) is 24.4 Å². The van der Waals surface area contributed by atoms with Crippen LogP contribution in [-0.2, 0) is 4.79 Å². The van der Waals surface area contributed by atoms with Crippen molar-refractivity contribution in [2.24, 2.45) is 10.8 Å². The Morgan fingerprint density at radius 3 is 1.71 bits per heavy atom. The first-order valence-electron chi connectivity index (χ1n) is 10.6. The molecule has 4 unspecified atom stereocenters. The van der Waals surface area contributed by atoms with Crippen LogP contribution in [0.2, 0.25) is 0 Å². The number of hydrogen-bond donors (Lipinski definition) is 5. The largest absolute Gasteiger partial charge is 0.467 e. The van der Waals surface area contributed by atoms with Crippen LogP contribution in [0.25, 0.3) is 0 Å². The summed E-state index contributed by atoms with van der Waals surface area (Å²) >= 11 is 0. The highest BCUT2D eigenvalue weighted by atomic mass is 19.4. The first-order valence-corrected chi connectivity index (χ1v) is 10.6. The van der Waals surface area contributed by atoms with Crippen LogP contribution in [0, 0.1) is 10.8 Å². The van der Waals surface area contributed by atoms with E-state index in [2.05, 4.69) is 0 Å². The SMILES string of the molecule is CN(CC(O)C(O)C(O)C(O)CO)C(=O)C(C)(C)CC(C)(C)CCCN(C(F)(F)F)C(F)(F)F. The van der Waals surface area contributed by atoms with Gasteiger partial charge in [0.25, 0.3) is 0 Å². The summed E-state index contributed by atoms with van der Waals surface area (Å²) < 4.78 is 75.9. The van der Waals surface area contributed by atoms with Gasteiger partial charge < -0.3 is 30.4 Å². The van der Waals surface area contributed by atoms with E-state index in [4.69, 9.17) is 5.11 Å². The number of amides is 1. The number of hydrogen-bond acceptors (Lipinski definition) is 7. The zero-order valence-corrected chi connectivity index (χ0v) is 19.9. The number of aliphatic hydroxyl groups is 5. The summed E-state index contributed by atoms with van der Waals surface area (Å²) in [6.07, 6.45) is -18.6. The van der Waals surface area contributed by atoms with Crippen molar-refractivity contribution in [2.75, 3.05) is 26.7 Å². The number of carbonyl (C=O) groups is 1. The number of rotatable bonds is 13. The highest BCUT2D eigenvalue weighted by Gasteiger charge is 2.53. The van der Waals surface area contributed by atoms with Crippen molar-refractivity contribution in [2.45, 2.75) is 84.0 Å². The number of alkyl halides is 6. The first-order chi connectivity index (χ1) is 15.1. The molecule has 0 aromatic rings. The zero-order valence-electron chi connectivity index (χ0n) is 19.9. The van der Waals surface area contributed by atoms with Crippen molar-refractivity contribution in [1.82, 2.24) is 9.80 Å². The fourth-order valence-electron chi connectivity index (χ4n) is 4.02. The quantitative estimate of drug-likeness (QED) is 0.186. The van der Waals surface area contributed by atoms with Crippen LogP contribution in [-0.4, -0.2) is 105 Å². The highest BCUT2D eigenvalue weighted by molar-refractivity contribution is 5.81. The van der Waals surface area contributed by atoms with Crippen LogP contribution in [0.4, 0.5) is 26.3 Å². The van der Waals surface area contributed by atoms with Gasteiger partial charge in [-0.25, -0.2) is 0 Å². The molecular weight excluding hydrogens is 478 g/mol. The van der Waals surface area contributed by atoms with Gasteiger partial charge in [0.15, 0.2) is 0 Å². The van der Waals surface area contributed by atoms with Gasteiger partial charge in [-0.15, -0.1) is 4.90 Å². The fourth-order valence-corrected chi connectivity index (χ4v) is 4.02. The lowest BCUT2D eigenvalue weighted by molar-refractivity contribution is -0.373. The molecule has 0 heterocycles. The van der Waals surface area contributed by atoms with E-state index < -0.39 is 84.8 Å². The van der Waals surface area contributed by atoms with Crippen molar-refractivity contribution in [1.29, 1.82) is 0 Å². The second kappa shape index (κ2) is 12.2. The van der Waals surface area contributed by atoms with Crippen LogP contribution >= 0.6 is 0 Å². The Bertz CT molecular complexity index is 630. The molecule has 1 amide bonds. The van der Waals surface area contributed by atoms with Gasteiger partial charge in [-0.2, -0.15) is 26.3 Å². The number of likely N-dealkylation sites (N-methyl/N-ethyl adjacent to an activating group) is 1. The van der Waals surface area contributed by atoms with Crippen molar-refractivity contribution < 1.29 is 56.7 Å². The predicted octanol–water partition coefficient (Wildman–Crippen LogP) is 1.44. The van der Waals surface area contributed by atoms with Crippen LogP contribution in [0.15, 0.2) is 0 Å². The maximum atomic E-state index is 12.9. The predicted molar refractivity (Wildman–Crippen MR) is 109 cm³/mol. The molecule has 34 heavy (non-hydrogen) atoms. The van der Waals surface area contributed by atoms with Gasteiger partial charge in [-0.1, -0.05) is 27.7 Å². The van der Waals surface area contributed by atoms with Crippen molar-refractivity contribution in [3.8, 4) is 0 Å². The topological polar surface area (TPSA) is 125 Å². The molecule has 0 saturated carbocycles. The van der Waals surface area contributed by atoms with Gasteiger partial charge in [0.2, 0.25) is 5.91 Å². The lowest BCUT2D eigenvalue weighted by atomic mass is 9.72. The van der Waals surface area contributed by atoms with E-state index in [-0.39, 0.29) is 12.8 Å². The molecule has 5 N–H and O–H groups in total. The van der Waals surface area contributed by atoms with Crippen LogP contribution in [0.1, 0.15) is 47.0 Å². The Labute approximate surface area is 194 Å². The second-order valence-corrected chi connectivity index (χ2v) is 9.90. The molecule has 0 saturated heterocycles. The van der Waals surface area contributed by atoms with E-state index in [0.29, 0.717) is 0 Å². The van der Waals surface area contributed by atoms with Gasteiger partial charge in [-0.05, 0) is 24.7 Å². The molecular formula is C20H36F6N2O6. The smallest absolute Gasteiger partial charge is 0.394 e. The molecule has 4 atom stereocenters. The maximum Gasteiger partial charge on any atom is 0.467 e. The van der Waals surface area contributed by atoms with E-state index in [1.54, 1.807) is 13.8 Å². The third-order valence-electron chi connectivity index (χ3n) is 5.48. The summed E-state index contributed by atoms with van der Waals surface area (Å²) in [7, 11) is 1.30. The summed E-state index contributed by atoms with van der Waals surface area (Å²) in [6, 6.07) is 0. The average molecular weight is 515 g/mol. The van der Waals surface area contributed by atoms with Gasteiger partial charge >= 0.3 is 12.6 Å². The molecule has 0 rings (SSSR count). The Balaban J connectivity index is 5.07. The molecule has 0 aliphatic heterocycles. The Morgan fingerprint density at radius 2 is 1.29 bits per heavy atom. The Kier molecular flexibility index (Phi) is 11.7. The third kappa shape index (κ3) is 10.2. The lowest BCUT2D eigenvalue weighted by Crippen LogP contribution is -2.51. The molecule has 0 aliphatic rings. The van der Waals surface area contributed by atoms with Crippen molar-refractivity contribution >= 4 is 5.91 Å². The number of carbonyl (C=O) groups excluding carboxylic acids is 1.